The normalized spacial score (nSPS) is 4.57. The molecule has 0 aliphatic carbocycles. The minimum absolute atomic E-state index is 0. The van der Waals surface area contributed by atoms with Crippen molar-refractivity contribution in [3.63, 3.8) is 0 Å². The van der Waals surface area contributed by atoms with Gasteiger partial charge in [-0.1, -0.05) is 0 Å². The molecule has 0 bridgehead atoms. The third kappa shape index (κ3) is 22.0. The third-order valence-corrected chi connectivity index (χ3v) is 0.192. The fourth-order valence-corrected chi connectivity index (χ4v) is 0.0393. The van der Waals surface area contributed by atoms with Crippen molar-refractivity contribution in [2.75, 3.05) is 0 Å². The van der Waals surface area contributed by atoms with Gasteiger partial charge in [-0.05, 0) is 0 Å². The Morgan fingerprint density at radius 3 is 1.43 bits per heavy atom. The molecule has 38 valence electrons. The molecule has 4 heteroatoms. The molecule has 0 aromatic heterocycles. The topological polar surface area (TPSA) is 65.6 Å². The van der Waals surface area contributed by atoms with E-state index in [0.29, 0.717) is 12.6 Å². The van der Waals surface area contributed by atoms with Crippen molar-refractivity contribution in [3.05, 3.63) is 0 Å². The zero-order valence-electron chi connectivity index (χ0n) is 3.18. The van der Waals surface area contributed by atoms with E-state index in [0.717, 1.165) is 0 Å². The van der Waals surface area contributed by atoms with Crippen LogP contribution in [-0.4, -0.2) is 47.6 Å². The van der Waals surface area contributed by atoms with Crippen LogP contribution in [0, 0.1) is 0 Å². The second-order valence-corrected chi connectivity index (χ2v) is 0.569. The van der Waals surface area contributed by atoms with E-state index in [1.165, 1.54) is 0 Å². The van der Waals surface area contributed by atoms with Crippen LogP contribution in [0.5, 0.6) is 0 Å². The molecule has 0 aliphatic heterocycles. The first-order valence-corrected chi connectivity index (χ1v) is 1.29. The van der Waals surface area contributed by atoms with Crippen LogP contribution < -0.4 is 0 Å². The van der Waals surface area contributed by atoms with E-state index in [1.54, 1.807) is 0 Å². The van der Waals surface area contributed by atoms with Gasteiger partial charge in [0.25, 0.3) is 0 Å². The summed E-state index contributed by atoms with van der Waals surface area (Å²) in [6.45, 7) is 0. The van der Waals surface area contributed by atoms with Crippen LogP contribution in [-0.2, 0) is 9.59 Å². The Bertz CT molecular complexity index is 39.4. The van der Waals surface area contributed by atoms with E-state index in [4.69, 9.17) is 0 Å². The molecule has 0 spiro atoms. The molecule has 0 unspecified atom stereocenters. The van der Waals surface area contributed by atoms with Crippen molar-refractivity contribution in [2.24, 2.45) is 0 Å². The van der Waals surface area contributed by atoms with Gasteiger partial charge < -0.3 is 15.1 Å². The van der Waals surface area contributed by atoms with Gasteiger partial charge in [-0.15, -0.1) is 0 Å². The molecule has 0 fully saturated rings. The van der Waals surface area contributed by atoms with Crippen LogP contribution in [0.1, 0.15) is 6.42 Å². The fraction of sp³-hybridized carbons (Fsp3) is 0.333. The maximum absolute atomic E-state index is 9.17. The Balaban J connectivity index is -0.0000000800. The molecule has 0 aliphatic rings. The summed E-state index contributed by atoms with van der Waals surface area (Å²) >= 11 is 0. The fourth-order valence-electron chi connectivity index (χ4n) is 0.0393. The monoisotopic (exact) mass is 114 g/mol. The predicted molar refractivity (Wildman–Crippen MR) is 27.5 cm³/mol. The zero-order chi connectivity index (χ0) is 4.12. The summed E-state index contributed by atoms with van der Waals surface area (Å²) in [5.41, 5.74) is 0. The Morgan fingerprint density at radius 1 is 1.14 bits per heavy atom. The molecular weight excluding hydrogens is 107 g/mol. The summed E-state index contributed by atoms with van der Waals surface area (Å²) in [6, 6.07) is 0. The quantitative estimate of drug-likeness (QED) is 0.244. The molecule has 3 nitrogen and oxygen atoms in total. The summed E-state index contributed by atoms with van der Waals surface area (Å²) in [5, 5.41) is 0. The molecular formula is C3H7NaO3. The van der Waals surface area contributed by atoms with Crippen molar-refractivity contribution in [1.29, 1.82) is 0 Å². The van der Waals surface area contributed by atoms with Gasteiger partial charge in [-0.25, -0.2) is 0 Å². The molecule has 0 aromatic rings. The Kier molecular flexibility index (Phi) is 36.4. The van der Waals surface area contributed by atoms with Gasteiger partial charge in [0.1, 0.15) is 12.6 Å². The van der Waals surface area contributed by atoms with Crippen LogP contribution >= 0.6 is 0 Å². The van der Waals surface area contributed by atoms with Crippen LogP contribution in [0.15, 0.2) is 0 Å². The van der Waals surface area contributed by atoms with Crippen molar-refractivity contribution >= 4 is 42.1 Å². The molecule has 0 radical (unpaired) electrons. The summed E-state index contributed by atoms with van der Waals surface area (Å²) < 4.78 is 0. The van der Waals surface area contributed by atoms with Gasteiger partial charge in [0, 0.05) is 0 Å². The zero-order valence-corrected chi connectivity index (χ0v) is 3.18. The van der Waals surface area contributed by atoms with Gasteiger partial charge in [-0.2, -0.15) is 0 Å². The Morgan fingerprint density at radius 2 is 1.43 bits per heavy atom. The SMILES string of the molecule is O.O=CCC=O.[NaH]. The number of hydrogen-bond donors (Lipinski definition) is 0. The predicted octanol–water partition coefficient (Wildman–Crippen LogP) is -1.70. The first kappa shape index (κ1) is 15.7. The van der Waals surface area contributed by atoms with Crippen molar-refractivity contribution in [1.82, 2.24) is 0 Å². The number of aldehydes is 2. The molecule has 7 heavy (non-hydrogen) atoms. The van der Waals surface area contributed by atoms with Crippen molar-refractivity contribution < 1.29 is 15.1 Å². The third-order valence-electron chi connectivity index (χ3n) is 0.192. The van der Waals surface area contributed by atoms with Gasteiger partial charge >= 0.3 is 29.6 Å². The molecule has 0 saturated carbocycles. The molecule has 0 saturated heterocycles. The molecule has 0 rings (SSSR count). The molecule has 0 amide bonds. The Hall–Kier alpha value is 0.300. The Labute approximate surface area is 63.7 Å². The van der Waals surface area contributed by atoms with Gasteiger partial charge in [-0.3, -0.25) is 0 Å². The second-order valence-electron chi connectivity index (χ2n) is 0.569. The van der Waals surface area contributed by atoms with E-state index < -0.39 is 0 Å². The van der Waals surface area contributed by atoms with Gasteiger partial charge in [0.05, 0.1) is 6.42 Å². The number of hydrogen-bond acceptors (Lipinski definition) is 2. The van der Waals surface area contributed by atoms with Crippen molar-refractivity contribution in [2.45, 2.75) is 6.42 Å². The van der Waals surface area contributed by atoms with Gasteiger partial charge in [0.15, 0.2) is 0 Å². The van der Waals surface area contributed by atoms with E-state index in [-0.39, 0.29) is 41.5 Å². The molecule has 0 atom stereocenters. The average Bonchev–Trinajstić information content (AvgIpc) is 1.41. The van der Waals surface area contributed by atoms with E-state index >= 15 is 0 Å². The van der Waals surface area contributed by atoms with E-state index in [9.17, 15) is 9.59 Å². The summed E-state index contributed by atoms with van der Waals surface area (Å²) in [6.07, 6.45) is 1.15. The molecule has 0 heterocycles. The molecule has 2 N–H and O–H groups in total. The van der Waals surface area contributed by atoms with Crippen molar-refractivity contribution in [3.8, 4) is 0 Å². The summed E-state index contributed by atoms with van der Waals surface area (Å²) in [7, 11) is 0. The van der Waals surface area contributed by atoms with Gasteiger partial charge in [0.2, 0.25) is 0 Å². The van der Waals surface area contributed by atoms with Crippen LogP contribution in [0.3, 0.4) is 0 Å². The van der Waals surface area contributed by atoms with E-state index in [2.05, 4.69) is 0 Å². The van der Waals surface area contributed by atoms with Crippen LogP contribution in [0.2, 0.25) is 0 Å². The second kappa shape index (κ2) is 16.3. The van der Waals surface area contributed by atoms with Crippen LogP contribution in [0.25, 0.3) is 0 Å². The maximum atomic E-state index is 9.17. The summed E-state index contributed by atoms with van der Waals surface area (Å²) in [5.74, 6) is 0. The van der Waals surface area contributed by atoms with E-state index in [1.807, 2.05) is 0 Å². The minimum atomic E-state index is 0. The first-order chi connectivity index (χ1) is 2.41. The number of rotatable bonds is 2. The number of carbonyl (C=O) groups excluding carboxylic acids is 2. The average molecular weight is 114 g/mol. The first-order valence-electron chi connectivity index (χ1n) is 1.29. The standard InChI is InChI=1S/C3H4O2.Na.H2O.H/c4-2-1-3-5;;;/h2-3H,1H2;;1H2;. The summed E-state index contributed by atoms with van der Waals surface area (Å²) in [4.78, 5) is 18.3. The van der Waals surface area contributed by atoms with Crippen LogP contribution in [0.4, 0.5) is 0 Å². The molecule has 0 aromatic carbocycles. The number of carbonyl (C=O) groups is 2.